The van der Waals surface area contributed by atoms with E-state index in [1.54, 1.807) is 6.92 Å². The number of benzene rings is 1. The van der Waals surface area contributed by atoms with E-state index in [9.17, 15) is 9.90 Å². The van der Waals surface area contributed by atoms with Crippen molar-refractivity contribution in [3.63, 3.8) is 0 Å². The second kappa shape index (κ2) is 7.29. The van der Waals surface area contributed by atoms with Crippen LogP contribution in [0.5, 0.6) is 0 Å². The van der Waals surface area contributed by atoms with Crippen LogP contribution >= 0.6 is 0 Å². The van der Waals surface area contributed by atoms with Gasteiger partial charge in [0.2, 0.25) is 0 Å². The molecule has 1 rings (SSSR count). The maximum absolute atomic E-state index is 11.6. The quantitative estimate of drug-likeness (QED) is 0.747. The molecule has 3 N–H and O–H groups in total. The average Bonchev–Trinajstić information content (AvgIpc) is 2.39. The minimum atomic E-state index is -0.881. The summed E-state index contributed by atoms with van der Waals surface area (Å²) in [5.74, 6) is 0.0929. The third kappa shape index (κ3) is 5.61. The SMILES string of the molecule is Cc1ccc(CCNC(=O)NCC(C)(O)C(C)C)cc1. The van der Waals surface area contributed by atoms with Crippen molar-refractivity contribution < 1.29 is 9.90 Å². The van der Waals surface area contributed by atoms with Gasteiger partial charge in [0, 0.05) is 13.1 Å². The summed E-state index contributed by atoms with van der Waals surface area (Å²) >= 11 is 0. The number of aryl methyl sites for hydroxylation is 1. The minimum Gasteiger partial charge on any atom is -0.388 e. The highest BCUT2D eigenvalue weighted by Crippen LogP contribution is 2.14. The Morgan fingerprint density at radius 3 is 2.40 bits per heavy atom. The van der Waals surface area contributed by atoms with Gasteiger partial charge in [0.05, 0.1) is 5.60 Å². The predicted octanol–water partition coefficient (Wildman–Crippen LogP) is 2.24. The molecular formula is C16H26N2O2. The Bertz CT molecular complexity index is 425. The molecule has 0 saturated heterocycles. The van der Waals surface area contributed by atoms with Gasteiger partial charge in [0.15, 0.2) is 0 Å². The van der Waals surface area contributed by atoms with Crippen molar-refractivity contribution in [1.29, 1.82) is 0 Å². The number of urea groups is 1. The predicted molar refractivity (Wildman–Crippen MR) is 81.7 cm³/mol. The lowest BCUT2D eigenvalue weighted by molar-refractivity contribution is 0.0166. The van der Waals surface area contributed by atoms with Crippen molar-refractivity contribution in [1.82, 2.24) is 10.6 Å². The molecule has 0 spiro atoms. The number of carbonyl (C=O) groups is 1. The first kappa shape index (κ1) is 16.5. The Hall–Kier alpha value is -1.55. The fourth-order valence-corrected chi connectivity index (χ4v) is 1.60. The summed E-state index contributed by atoms with van der Waals surface area (Å²) in [5.41, 5.74) is 1.55. The summed E-state index contributed by atoms with van der Waals surface area (Å²) < 4.78 is 0. The van der Waals surface area contributed by atoms with Gasteiger partial charge in [-0.2, -0.15) is 0 Å². The highest BCUT2D eigenvalue weighted by Gasteiger charge is 2.25. The number of hydrogen-bond acceptors (Lipinski definition) is 2. The summed E-state index contributed by atoms with van der Waals surface area (Å²) in [6.45, 7) is 8.47. The number of rotatable bonds is 6. The zero-order chi connectivity index (χ0) is 15.2. The molecule has 0 aliphatic rings. The van der Waals surface area contributed by atoms with E-state index in [4.69, 9.17) is 0 Å². The molecule has 0 bridgehead atoms. The largest absolute Gasteiger partial charge is 0.388 e. The summed E-state index contributed by atoms with van der Waals surface area (Å²) in [7, 11) is 0. The Morgan fingerprint density at radius 2 is 1.85 bits per heavy atom. The van der Waals surface area contributed by atoms with Crippen molar-refractivity contribution >= 4 is 6.03 Å². The summed E-state index contributed by atoms with van der Waals surface area (Å²) in [4.78, 5) is 11.6. The van der Waals surface area contributed by atoms with Gasteiger partial charge in [-0.1, -0.05) is 43.7 Å². The number of amides is 2. The summed E-state index contributed by atoms with van der Waals surface area (Å²) in [6.07, 6.45) is 0.800. The molecule has 0 aliphatic heterocycles. The Balaban J connectivity index is 2.25. The van der Waals surface area contributed by atoms with E-state index in [0.717, 1.165) is 6.42 Å². The van der Waals surface area contributed by atoms with Crippen LogP contribution < -0.4 is 10.6 Å². The van der Waals surface area contributed by atoms with Gasteiger partial charge < -0.3 is 15.7 Å². The van der Waals surface area contributed by atoms with Crippen molar-refractivity contribution in [3.8, 4) is 0 Å². The van der Waals surface area contributed by atoms with E-state index in [1.165, 1.54) is 11.1 Å². The highest BCUT2D eigenvalue weighted by atomic mass is 16.3. The van der Waals surface area contributed by atoms with Gasteiger partial charge in [-0.15, -0.1) is 0 Å². The molecule has 0 heterocycles. The van der Waals surface area contributed by atoms with E-state index in [0.29, 0.717) is 6.54 Å². The second-order valence-electron chi connectivity index (χ2n) is 5.86. The van der Waals surface area contributed by atoms with E-state index >= 15 is 0 Å². The van der Waals surface area contributed by atoms with Gasteiger partial charge in [-0.25, -0.2) is 4.79 Å². The zero-order valence-corrected chi connectivity index (χ0v) is 12.9. The molecule has 0 aromatic heterocycles. The fraction of sp³-hybridized carbons (Fsp3) is 0.562. The molecule has 4 nitrogen and oxygen atoms in total. The topological polar surface area (TPSA) is 61.4 Å². The molecular weight excluding hydrogens is 252 g/mol. The molecule has 0 fully saturated rings. The first-order valence-electron chi connectivity index (χ1n) is 7.11. The molecule has 0 radical (unpaired) electrons. The van der Waals surface area contributed by atoms with Crippen LogP contribution in [-0.2, 0) is 6.42 Å². The smallest absolute Gasteiger partial charge is 0.314 e. The molecule has 2 amide bonds. The van der Waals surface area contributed by atoms with Crippen LogP contribution in [0.25, 0.3) is 0 Å². The zero-order valence-electron chi connectivity index (χ0n) is 12.9. The summed E-state index contributed by atoms with van der Waals surface area (Å²) in [5, 5.41) is 15.5. The fourth-order valence-electron chi connectivity index (χ4n) is 1.60. The maximum atomic E-state index is 11.6. The molecule has 20 heavy (non-hydrogen) atoms. The van der Waals surface area contributed by atoms with Gasteiger partial charge in [0.25, 0.3) is 0 Å². The lowest BCUT2D eigenvalue weighted by Gasteiger charge is -2.27. The molecule has 112 valence electrons. The van der Waals surface area contributed by atoms with E-state index in [2.05, 4.69) is 41.8 Å². The number of carbonyl (C=O) groups excluding carboxylic acids is 1. The van der Waals surface area contributed by atoms with Crippen LogP contribution in [0.2, 0.25) is 0 Å². The lowest BCUT2D eigenvalue weighted by atomic mass is 9.93. The molecule has 0 aliphatic carbocycles. The van der Waals surface area contributed by atoms with Gasteiger partial charge in [0.1, 0.15) is 0 Å². The van der Waals surface area contributed by atoms with Crippen molar-refractivity contribution in [3.05, 3.63) is 35.4 Å². The van der Waals surface area contributed by atoms with Crippen molar-refractivity contribution in [2.24, 2.45) is 5.92 Å². The lowest BCUT2D eigenvalue weighted by Crippen LogP contribution is -2.47. The third-order valence-electron chi connectivity index (χ3n) is 3.67. The molecule has 1 aromatic carbocycles. The van der Waals surface area contributed by atoms with Crippen LogP contribution in [-0.4, -0.2) is 29.8 Å². The van der Waals surface area contributed by atoms with Crippen LogP contribution in [0.4, 0.5) is 4.79 Å². The maximum Gasteiger partial charge on any atom is 0.314 e. The molecule has 1 aromatic rings. The normalized spacial score (nSPS) is 13.9. The highest BCUT2D eigenvalue weighted by molar-refractivity contribution is 5.73. The van der Waals surface area contributed by atoms with Crippen LogP contribution in [0, 0.1) is 12.8 Å². The van der Waals surface area contributed by atoms with Crippen LogP contribution in [0.1, 0.15) is 31.9 Å². The second-order valence-corrected chi connectivity index (χ2v) is 5.86. The average molecular weight is 278 g/mol. The van der Waals surface area contributed by atoms with Crippen molar-refractivity contribution in [2.75, 3.05) is 13.1 Å². The molecule has 1 unspecified atom stereocenters. The van der Waals surface area contributed by atoms with Crippen LogP contribution in [0.3, 0.4) is 0 Å². The Kier molecular flexibility index (Phi) is 6.02. The van der Waals surface area contributed by atoms with E-state index in [-0.39, 0.29) is 18.5 Å². The van der Waals surface area contributed by atoms with Gasteiger partial charge in [-0.05, 0) is 31.7 Å². The molecule has 0 saturated carbocycles. The monoisotopic (exact) mass is 278 g/mol. The Labute approximate surface area is 121 Å². The van der Waals surface area contributed by atoms with Crippen molar-refractivity contribution in [2.45, 2.75) is 39.7 Å². The van der Waals surface area contributed by atoms with Gasteiger partial charge in [-0.3, -0.25) is 0 Å². The number of aliphatic hydroxyl groups is 1. The first-order chi connectivity index (χ1) is 9.31. The van der Waals surface area contributed by atoms with Crippen LogP contribution in [0.15, 0.2) is 24.3 Å². The minimum absolute atomic E-state index is 0.0929. The number of nitrogens with one attached hydrogen (secondary N) is 2. The first-order valence-corrected chi connectivity index (χ1v) is 7.11. The number of hydrogen-bond donors (Lipinski definition) is 3. The third-order valence-corrected chi connectivity index (χ3v) is 3.67. The Morgan fingerprint density at radius 1 is 1.25 bits per heavy atom. The van der Waals surface area contributed by atoms with E-state index < -0.39 is 5.60 Å². The van der Waals surface area contributed by atoms with Gasteiger partial charge >= 0.3 is 6.03 Å². The standard InChI is InChI=1S/C16H26N2O2/c1-12(2)16(4,20)11-18-15(19)17-10-9-14-7-5-13(3)6-8-14/h5-8,12,20H,9-11H2,1-4H3,(H2,17,18,19). The summed E-state index contributed by atoms with van der Waals surface area (Å²) in [6, 6.07) is 8.03. The molecule has 1 atom stereocenters. The van der Waals surface area contributed by atoms with E-state index in [1.807, 2.05) is 13.8 Å². The molecule has 4 heteroatoms.